The van der Waals surface area contributed by atoms with Crippen LogP contribution in [0.25, 0.3) is 0 Å². The summed E-state index contributed by atoms with van der Waals surface area (Å²) in [7, 11) is 0. The predicted octanol–water partition coefficient (Wildman–Crippen LogP) is 2.95. The van der Waals surface area contributed by atoms with Crippen LogP contribution in [-0.4, -0.2) is 10.9 Å². The fraction of sp³-hybridized carbons (Fsp3) is 0.143. The van der Waals surface area contributed by atoms with Gasteiger partial charge in [0.05, 0.1) is 11.9 Å². The van der Waals surface area contributed by atoms with Gasteiger partial charge in [0.2, 0.25) is 0 Å². The summed E-state index contributed by atoms with van der Waals surface area (Å²) in [6, 6.07) is 9.32. The molecule has 1 amide bonds. The van der Waals surface area contributed by atoms with E-state index in [1.807, 2.05) is 38.1 Å². The number of nitrogens with one attached hydrogen (secondary N) is 1. The zero-order chi connectivity index (χ0) is 12.3. The van der Waals surface area contributed by atoms with Gasteiger partial charge in [0.25, 0.3) is 5.91 Å². The number of hydrogen-bond acceptors (Lipinski definition) is 2. The van der Waals surface area contributed by atoms with E-state index in [0.29, 0.717) is 11.3 Å². The molecule has 2 aromatic rings. The van der Waals surface area contributed by atoms with Crippen LogP contribution in [0.3, 0.4) is 0 Å². The van der Waals surface area contributed by atoms with Gasteiger partial charge in [-0.1, -0.05) is 12.1 Å². The molecule has 86 valence electrons. The normalized spacial score (nSPS) is 10.0. The molecule has 17 heavy (non-hydrogen) atoms. The molecule has 0 spiro atoms. The van der Waals surface area contributed by atoms with Crippen LogP contribution in [0.4, 0.5) is 5.69 Å². The van der Waals surface area contributed by atoms with Crippen molar-refractivity contribution in [3.63, 3.8) is 0 Å². The first-order chi connectivity index (χ1) is 8.18. The minimum atomic E-state index is -0.0980. The average Bonchev–Trinajstić information content (AvgIpc) is 2.34. The number of aryl methyl sites for hydroxylation is 1. The lowest BCUT2D eigenvalue weighted by Gasteiger charge is -2.08. The van der Waals surface area contributed by atoms with E-state index in [4.69, 9.17) is 0 Å². The average molecular weight is 226 g/mol. The van der Waals surface area contributed by atoms with Gasteiger partial charge in [-0.05, 0) is 43.2 Å². The topological polar surface area (TPSA) is 42.0 Å². The van der Waals surface area contributed by atoms with Crippen molar-refractivity contribution in [2.75, 3.05) is 5.32 Å². The molecular formula is C14H14N2O. The highest BCUT2D eigenvalue weighted by atomic mass is 16.1. The Balaban J connectivity index is 2.24. The molecule has 0 atom stereocenters. The van der Waals surface area contributed by atoms with Crippen molar-refractivity contribution < 1.29 is 4.79 Å². The van der Waals surface area contributed by atoms with Gasteiger partial charge in [0.15, 0.2) is 0 Å². The molecule has 1 heterocycles. The zero-order valence-corrected chi connectivity index (χ0v) is 9.90. The zero-order valence-electron chi connectivity index (χ0n) is 9.90. The Morgan fingerprint density at radius 2 is 2.00 bits per heavy atom. The maximum Gasteiger partial charge on any atom is 0.255 e. The summed E-state index contributed by atoms with van der Waals surface area (Å²) >= 11 is 0. The number of amides is 1. The van der Waals surface area contributed by atoms with Crippen molar-refractivity contribution in [3.8, 4) is 0 Å². The summed E-state index contributed by atoms with van der Waals surface area (Å²) in [5.41, 5.74) is 3.53. The third-order valence-electron chi connectivity index (χ3n) is 2.77. The number of aromatic nitrogens is 1. The first kappa shape index (κ1) is 11.3. The number of hydrogen-bond donors (Lipinski definition) is 1. The van der Waals surface area contributed by atoms with Crippen molar-refractivity contribution in [1.29, 1.82) is 0 Å². The van der Waals surface area contributed by atoms with Crippen molar-refractivity contribution in [1.82, 2.24) is 4.98 Å². The van der Waals surface area contributed by atoms with Crippen molar-refractivity contribution in [3.05, 3.63) is 59.4 Å². The maximum atomic E-state index is 12.0. The molecule has 0 bridgehead atoms. The summed E-state index contributed by atoms with van der Waals surface area (Å²) in [6.07, 6.45) is 3.30. The molecular weight excluding hydrogens is 212 g/mol. The van der Waals surface area contributed by atoms with Crippen LogP contribution in [-0.2, 0) is 0 Å². The molecule has 1 aromatic carbocycles. The predicted molar refractivity (Wildman–Crippen MR) is 68.1 cm³/mol. The van der Waals surface area contributed by atoms with E-state index in [9.17, 15) is 4.79 Å². The molecule has 0 saturated heterocycles. The number of carbonyl (C=O) groups excluding carboxylic acids is 1. The maximum absolute atomic E-state index is 12.0. The third-order valence-corrected chi connectivity index (χ3v) is 2.77. The van der Waals surface area contributed by atoms with E-state index in [-0.39, 0.29) is 5.91 Å². The van der Waals surface area contributed by atoms with Crippen LogP contribution < -0.4 is 5.32 Å². The molecule has 1 aromatic heterocycles. The van der Waals surface area contributed by atoms with Crippen LogP contribution in [0.2, 0.25) is 0 Å². The summed E-state index contributed by atoms with van der Waals surface area (Å²) in [4.78, 5) is 16.0. The summed E-state index contributed by atoms with van der Waals surface area (Å²) < 4.78 is 0. The van der Waals surface area contributed by atoms with Gasteiger partial charge < -0.3 is 5.32 Å². The lowest BCUT2D eigenvalue weighted by Crippen LogP contribution is -2.13. The molecule has 0 aliphatic rings. The first-order valence-electron chi connectivity index (χ1n) is 5.46. The van der Waals surface area contributed by atoms with Crippen LogP contribution in [0.5, 0.6) is 0 Å². The van der Waals surface area contributed by atoms with E-state index < -0.39 is 0 Å². The fourth-order valence-corrected chi connectivity index (χ4v) is 1.63. The summed E-state index contributed by atoms with van der Waals surface area (Å²) in [5.74, 6) is -0.0980. The van der Waals surface area contributed by atoms with Crippen molar-refractivity contribution >= 4 is 11.6 Å². The van der Waals surface area contributed by atoms with E-state index in [1.54, 1.807) is 18.5 Å². The van der Waals surface area contributed by atoms with Crippen LogP contribution in [0, 0.1) is 13.8 Å². The minimum Gasteiger partial charge on any atom is -0.321 e. The highest BCUT2D eigenvalue weighted by Gasteiger charge is 2.09. The van der Waals surface area contributed by atoms with Gasteiger partial charge in [-0.25, -0.2) is 0 Å². The number of nitrogens with zero attached hydrogens (tertiary/aromatic N) is 1. The fourth-order valence-electron chi connectivity index (χ4n) is 1.63. The Bertz CT molecular complexity index is 535. The van der Waals surface area contributed by atoms with Crippen molar-refractivity contribution in [2.45, 2.75) is 13.8 Å². The molecule has 0 radical (unpaired) electrons. The smallest absolute Gasteiger partial charge is 0.255 e. The Hall–Kier alpha value is -2.16. The molecule has 0 saturated carbocycles. The number of anilines is 1. The molecule has 2 rings (SSSR count). The van der Waals surface area contributed by atoms with Gasteiger partial charge in [0.1, 0.15) is 0 Å². The van der Waals surface area contributed by atoms with E-state index in [0.717, 1.165) is 11.1 Å². The van der Waals surface area contributed by atoms with Crippen LogP contribution in [0.1, 0.15) is 21.5 Å². The lowest BCUT2D eigenvalue weighted by molar-refractivity contribution is 0.102. The first-order valence-corrected chi connectivity index (χ1v) is 5.46. The minimum absolute atomic E-state index is 0.0980. The SMILES string of the molecule is Cc1cccc(C(=O)Nc2cccnc2)c1C. The Labute approximate surface area is 101 Å². The summed E-state index contributed by atoms with van der Waals surface area (Å²) in [5, 5.41) is 2.82. The highest BCUT2D eigenvalue weighted by Crippen LogP contribution is 2.14. The quantitative estimate of drug-likeness (QED) is 0.855. The molecule has 0 unspecified atom stereocenters. The molecule has 0 aliphatic carbocycles. The Morgan fingerprint density at radius 3 is 2.71 bits per heavy atom. The van der Waals surface area contributed by atoms with Gasteiger partial charge in [-0.2, -0.15) is 0 Å². The molecule has 0 aliphatic heterocycles. The Morgan fingerprint density at radius 1 is 1.18 bits per heavy atom. The second-order valence-electron chi connectivity index (χ2n) is 3.94. The van der Waals surface area contributed by atoms with Gasteiger partial charge in [-0.3, -0.25) is 9.78 Å². The van der Waals surface area contributed by atoms with Gasteiger partial charge in [-0.15, -0.1) is 0 Å². The Kier molecular flexibility index (Phi) is 3.19. The van der Waals surface area contributed by atoms with E-state index >= 15 is 0 Å². The van der Waals surface area contributed by atoms with E-state index in [1.165, 1.54) is 0 Å². The number of rotatable bonds is 2. The second-order valence-corrected chi connectivity index (χ2v) is 3.94. The standard InChI is InChI=1S/C14H14N2O/c1-10-5-3-7-13(11(10)2)14(17)16-12-6-4-8-15-9-12/h3-9H,1-2H3,(H,16,17). The third kappa shape index (κ3) is 2.50. The van der Waals surface area contributed by atoms with Crippen molar-refractivity contribution in [2.24, 2.45) is 0 Å². The second kappa shape index (κ2) is 4.78. The van der Waals surface area contributed by atoms with Gasteiger partial charge >= 0.3 is 0 Å². The van der Waals surface area contributed by atoms with Crippen LogP contribution >= 0.6 is 0 Å². The molecule has 0 fully saturated rings. The largest absolute Gasteiger partial charge is 0.321 e. The molecule has 3 heteroatoms. The monoisotopic (exact) mass is 226 g/mol. The number of benzene rings is 1. The number of pyridine rings is 1. The van der Waals surface area contributed by atoms with Crippen LogP contribution in [0.15, 0.2) is 42.7 Å². The van der Waals surface area contributed by atoms with E-state index in [2.05, 4.69) is 10.3 Å². The number of carbonyl (C=O) groups is 1. The molecule has 3 nitrogen and oxygen atoms in total. The van der Waals surface area contributed by atoms with Gasteiger partial charge in [0, 0.05) is 11.8 Å². The summed E-state index contributed by atoms with van der Waals surface area (Å²) in [6.45, 7) is 3.95. The highest BCUT2D eigenvalue weighted by molar-refractivity contribution is 6.05. The lowest BCUT2D eigenvalue weighted by atomic mass is 10.0. The molecule has 1 N–H and O–H groups in total.